The number of anilines is 1. The molecule has 1 N–H and O–H groups in total. The van der Waals surface area contributed by atoms with Crippen LogP contribution in [0.5, 0.6) is 0 Å². The summed E-state index contributed by atoms with van der Waals surface area (Å²) in [5.74, 6) is 0. The van der Waals surface area contributed by atoms with Crippen molar-refractivity contribution in [3.05, 3.63) is 59.2 Å². The van der Waals surface area contributed by atoms with Gasteiger partial charge in [-0.05, 0) is 47.7 Å². The molecule has 0 fully saturated rings. The van der Waals surface area contributed by atoms with E-state index in [0.717, 1.165) is 5.56 Å². The Morgan fingerprint density at radius 2 is 1.78 bits per heavy atom. The van der Waals surface area contributed by atoms with Crippen LogP contribution in [0, 0.1) is 18.3 Å². The molecule has 2 aromatic carbocycles. The van der Waals surface area contributed by atoms with Crippen LogP contribution in [0.2, 0.25) is 0 Å². The third-order valence-electron chi connectivity index (χ3n) is 3.59. The fourth-order valence-corrected chi connectivity index (χ4v) is 3.54. The third-order valence-corrected chi connectivity index (χ3v) is 5.11. The van der Waals surface area contributed by atoms with E-state index in [-0.39, 0.29) is 10.3 Å². The summed E-state index contributed by atoms with van der Waals surface area (Å²) >= 11 is 0. The number of nitrogens with zero attached hydrogens (tertiary/aromatic N) is 1. The maximum atomic E-state index is 12.7. The molecule has 0 radical (unpaired) electrons. The summed E-state index contributed by atoms with van der Waals surface area (Å²) in [5, 5.41) is 8.92. The van der Waals surface area contributed by atoms with Gasteiger partial charge in [-0.25, -0.2) is 8.42 Å². The van der Waals surface area contributed by atoms with Crippen molar-refractivity contribution in [1.29, 1.82) is 5.26 Å². The first kappa shape index (κ1) is 17.0. The number of nitriles is 1. The lowest BCUT2D eigenvalue weighted by atomic mass is 9.87. The Balaban J connectivity index is 2.45. The minimum atomic E-state index is -3.71. The van der Waals surface area contributed by atoms with Crippen LogP contribution in [-0.2, 0) is 15.4 Å². The van der Waals surface area contributed by atoms with Crippen molar-refractivity contribution in [3.63, 3.8) is 0 Å². The van der Waals surface area contributed by atoms with Crippen LogP contribution in [0.1, 0.15) is 37.5 Å². The van der Waals surface area contributed by atoms with Crippen LogP contribution in [0.25, 0.3) is 0 Å². The second kappa shape index (κ2) is 6.05. The molecule has 0 bridgehead atoms. The van der Waals surface area contributed by atoms with Crippen molar-refractivity contribution in [3.8, 4) is 6.07 Å². The molecule has 0 atom stereocenters. The predicted octanol–water partition coefficient (Wildman–Crippen LogP) is 3.97. The monoisotopic (exact) mass is 328 g/mol. The number of rotatable bonds is 3. The third kappa shape index (κ3) is 3.91. The van der Waals surface area contributed by atoms with Crippen molar-refractivity contribution in [1.82, 2.24) is 0 Å². The normalized spacial score (nSPS) is 11.8. The fraction of sp³-hybridized carbons (Fsp3) is 0.278. The molecule has 0 heterocycles. The Morgan fingerprint density at radius 1 is 1.09 bits per heavy atom. The molecule has 5 heteroatoms. The lowest BCUT2D eigenvalue weighted by Crippen LogP contribution is -2.17. The van der Waals surface area contributed by atoms with Gasteiger partial charge in [0.05, 0.1) is 22.2 Å². The zero-order chi connectivity index (χ0) is 17.3. The molecule has 4 nitrogen and oxygen atoms in total. The zero-order valence-electron chi connectivity index (χ0n) is 13.7. The van der Waals surface area contributed by atoms with Gasteiger partial charge in [-0.1, -0.05) is 39.0 Å². The zero-order valence-corrected chi connectivity index (χ0v) is 14.5. The summed E-state index contributed by atoms with van der Waals surface area (Å²) in [7, 11) is -3.71. The van der Waals surface area contributed by atoms with Gasteiger partial charge in [0.1, 0.15) is 0 Å². The van der Waals surface area contributed by atoms with Gasteiger partial charge in [-0.15, -0.1) is 0 Å². The SMILES string of the molecule is Cc1ccc(C(C)(C)C)cc1S(=O)(=O)Nc1cccc(C#N)c1. The number of nitrogens with one attached hydrogen (secondary N) is 1. The minimum Gasteiger partial charge on any atom is -0.280 e. The largest absolute Gasteiger partial charge is 0.280 e. The van der Waals surface area contributed by atoms with E-state index in [1.807, 2.05) is 39.0 Å². The molecule has 0 aliphatic rings. The summed E-state index contributed by atoms with van der Waals surface area (Å²) in [6.07, 6.45) is 0. The van der Waals surface area contributed by atoms with E-state index in [1.165, 1.54) is 6.07 Å². The van der Waals surface area contributed by atoms with Crippen molar-refractivity contribution in [2.45, 2.75) is 38.0 Å². The van der Waals surface area contributed by atoms with Crippen LogP contribution in [0.3, 0.4) is 0 Å². The summed E-state index contributed by atoms with van der Waals surface area (Å²) in [6.45, 7) is 7.89. The lowest BCUT2D eigenvalue weighted by Gasteiger charge is -2.21. The van der Waals surface area contributed by atoms with Crippen LogP contribution in [0.15, 0.2) is 47.4 Å². The molecule has 23 heavy (non-hydrogen) atoms. The first-order valence-electron chi connectivity index (χ1n) is 7.27. The van der Waals surface area contributed by atoms with Gasteiger partial charge in [0.15, 0.2) is 0 Å². The first-order chi connectivity index (χ1) is 10.6. The fourth-order valence-electron chi connectivity index (χ4n) is 2.22. The topological polar surface area (TPSA) is 70.0 Å². The van der Waals surface area contributed by atoms with Crippen LogP contribution in [-0.4, -0.2) is 8.42 Å². The van der Waals surface area contributed by atoms with E-state index in [9.17, 15) is 8.42 Å². The smallest absolute Gasteiger partial charge is 0.262 e. The van der Waals surface area contributed by atoms with Crippen molar-refractivity contribution in [2.24, 2.45) is 0 Å². The molecule has 0 saturated carbocycles. The Hall–Kier alpha value is -2.32. The number of sulfonamides is 1. The maximum absolute atomic E-state index is 12.7. The van der Waals surface area contributed by atoms with Gasteiger partial charge in [0, 0.05) is 0 Å². The van der Waals surface area contributed by atoms with E-state index < -0.39 is 10.0 Å². The number of benzene rings is 2. The molecule has 0 amide bonds. The average Bonchev–Trinajstić information content (AvgIpc) is 2.46. The molecule has 120 valence electrons. The van der Waals surface area contributed by atoms with E-state index in [0.29, 0.717) is 16.8 Å². The van der Waals surface area contributed by atoms with Gasteiger partial charge < -0.3 is 0 Å². The number of hydrogen-bond donors (Lipinski definition) is 1. The van der Waals surface area contributed by atoms with E-state index in [4.69, 9.17) is 5.26 Å². The van der Waals surface area contributed by atoms with Crippen LogP contribution >= 0.6 is 0 Å². The standard InChI is InChI=1S/C18H20N2O2S/c1-13-8-9-15(18(2,3)4)11-17(13)23(21,22)20-16-7-5-6-14(10-16)12-19/h5-11,20H,1-4H3. The Bertz CT molecular complexity index is 873. The maximum Gasteiger partial charge on any atom is 0.262 e. The van der Waals surface area contributed by atoms with Gasteiger partial charge >= 0.3 is 0 Å². The molecular formula is C18H20N2O2S. The number of hydrogen-bond acceptors (Lipinski definition) is 3. The molecule has 0 spiro atoms. The van der Waals surface area contributed by atoms with Crippen molar-refractivity contribution >= 4 is 15.7 Å². The molecule has 0 saturated heterocycles. The Labute approximate surface area is 137 Å². The molecule has 2 aromatic rings. The molecule has 2 rings (SSSR count). The highest BCUT2D eigenvalue weighted by atomic mass is 32.2. The van der Waals surface area contributed by atoms with Crippen LogP contribution < -0.4 is 4.72 Å². The Morgan fingerprint density at radius 3 is 2.39 bits per heavy atom. The van der Waals surface area contributed by atoms with Gasteiger partial charge in [0.25, 0.3) is 10.0 Å². The van der Waals surface area contributed by atoms with Gasteiger partial charge in [-0.3, -0.25) is 4.72 Å². The summed E-state index contributed by atoms with van der Waals surface area (Å²) in [4.78, 5) is 0.257. The second-order valence-corrected chi connectivity index (χ2v) is 8.18. The van der Waals surface area contributed by atoms with Gasteiger partial charge in [-0.2, -0.15) is 5.26 Å². The number of aryl methyl sites for hydroxylation is 1. The second-order valence-electron chi connectivity index (χ2n) is 6.53. The minimum absolute atomic E-state index is 0.140. The molecule has 0 unspecified atom stereocenters. The summed E-state index contributed by atoms with van der Waals surface area (Å²) in [5.41, 5.74) is 2.28. The van der Waals surface area contributed by atoms with Crippen molar-refractivity contribution in [2.75, 3.05) is 4.72 Å². The highest BCUT2D eigenvalue weighted by molar-refractivity contribution is 7.92. The molecular weight excluding hydrogens is 308 g/mol. The highest BCUT2D eigenvalue weighted by Crippen LogP contribution is 2.27. The van der Waals surface area contributed by atoms with Crippen molar-refractivity contribution < 1.29 is 8.42 Å². The van der Waals surface area contributed by atoms with E-state index in [1.54, 1.807) is 31.2 Å². The highest BCUT2D eigenvalue weighted by Gasteiger charge is 2.21. The van der Waals surface area contributed by atoms with Crippen LogP contribution in [0.4, 0.5) is 5.69 Å². The summed E-state index contributed by atoms with van der Waals surface area (Å²) < 4.78 is 28.0. The Kier molecular flexibility index (Phi) is 4.49. The summed E-state index contributed by atoms with van der Waals surface area (Å²) in [6, 6.07) is 13.9. The molecule has 0 aliphatic heterocycles. The predicted molar refractivity (Wildman–Crippen MR) is 91.8 cm³/mol. The molecule has 0 aliphatic carbocycles. The van der Waals surface area contributed by atoms with Gasteiger partial charge in [0.2, 0.25) is 0 Å². The average molecular weight is 328 g/mol. The molecule has 0 aromatic heterocycles. The van der Waals surface area contributed by atoms with E-state index in [2.05, 4.69) is 4.72 Å². The lowest BCUT2D eigenvalue weighted by molar-refractivity contribution is 0.584. The first-order valence-corrected chi connectivity index (χ1v) is 8.76. The quantitative estimate of drug-likeness (QED) is 0.927. The van der Waals surface area contributed by atoms with E-state index >= 15 is 0 Å².